The topological polar surface area (TPSA) is 15.6 Å². The van der Waals surface area contributed by atoms with Crippen molar-refractivity contribution >= 4 is 22.5 Å². The summed E-state index contributed by atoms with van der Waals surface area (Å²) in [6.45, 7) is 22.9. The molecule has 0 amide bonds. The van der Waals surface area contributed by atoms with Gasteiger partial charge in [0.2, 0.25) is 0 Å². The lowest BCUT2D eigenvalue weighted by Crippen LogP contribution is -2.61. The van der Waals surface area contributed by atoms with E-state index in [-0.39, 0.29) is 10.5 Å². The Hall–Kier alpha value is -0.166. The van der Waals surface area contributed by atoms with Crippen LogP contribution in [0.4, 0.5) is 4.11 Å². The predicted molar refractivity (Wildman–Crippen MR) is 90.2 cm³/mol. The number of nitrogens with zero attached hydrogens (tertiary/aromatic N) is 2. The molecule has 0 unspecified atom stereocenters. The van der Waals surface area contributed by atoms with E-state index in [1.807, 2.05) is 11.3 Å². The molecule has 0 fully saturated rings. The molecule has 0 spiro atoms. The Labute approximate surface area is 121 Å². The van der Waals surface area contributed by atoms with Gasteiger partial charge < -0.3 is 4.34 Å². The van der Waals surface area contributed by atoms with Gasteiger partial charge in [-0.1, -0.05) is 54.6 Å². The van der Waals surface area contributed by atoms with Gasteiger partial charge in [-0.3, -0.25) is 4.11 Å². The lowest BCUT2D eigenvalue weighted by molar-refractivity contribution is 0.505. The molecule has 0 N–H and O–H groups in total. The van der Waals surface area contributed by atoms with Gasteiger partial charge in [-0.2, -0.15) is 0 Å². The van der Waals surface area contributed by atoms with E-state index in [1.165, 1.54) is 0 Å². The Morgan fingerprint density at radius 3 is 1.53 bits per heavy atom. The summed E-state index contributed by atoms with van der Waals surface area (Å²) in [6, 6.07) is 0. The van der Waals surface area contributed by atoms with E-state index in [9.17, 15) is 4.11 Å². The first-order valence-corrected chi connectivity index (χ1v) is 12.8. The number of hydrogen-bond donors (Lipinski definition) is 0. The fourth-order valence-electron chi connectivity index (χ4n) is 1.53. The van der Waals surface area contributed by atoms with Crippen molar-refractivity contribution in [3.8, 4) is 0 Å². The van der Waals surface area contributed by atoms with Gasteiger partial charge in [0, 0.05) is 11.1 Å². The van der Waals surface area contributed by atoms with Crippen molar-refractivity contribution < 1.29 is 4.11 Å². The third-order valence-corrected chi connectivity index (χ3v) is 13.4. The highest BCUT2D eigenvalue weighted by atomic mass is 28.4. The Morgan fingerprint density at radius 2 is 1.32 bits per heavy atom. The molecule has 0 saturated heterocycles. The van der Waals surface area contributed by atoms with Crippen LogP contribution in [0.15, 0.2) is 5.10 Å². The second kappa shape index (κ2) is 5.32. The van der Waals surface area contributed by atoms with Crippen molar-refractivity contribution in [1.29, 1.82) is 0 Å². The van der Waals surface area contributed by atoms with E-state index >= 15 is 0 Å². The van der Waals surface area contributed by atoms with Crippen LogP contribution >= 0.6 is 0 Å². The minimum Gasteiger partial charge on any atom is -0.322 e. The molecule has 0 radical (unpaired) electrons. The van der Waals surface area contributed by atoms with Crippen LogP contribution in [-0.4, -0.2) is 26.9 Å². The molecule has 0 aliphatic carbocycles. The standard InChI is InChI=1S/C14H33FN2Si2/c1-12(13(2,3)4)16-17(19(10,11)15)18(8,9)14(5,6)7/h1-11H3/b16-12+. The van der Waals surface area contributed by atoms with Crippen LogP contribution in [0.2, 0.25) is 31.2 Å². The summed E-state index contributed by atoms with van der Waals surface area (Å²) in [5.74, 6) is 0. The maximum absolute atomic E-state index is 14.8. The Kier molecular flexibility index (Phi) is 5.27. The van der Waals surface area contributed by atoms with Gasteiger partial charge in [-0.05, 0) is 25.1 Å². The van der Waals surface area contributed by atoms with Gasteiger partial charge in [-0.15, -0.1) is 0 Å². The number of rotatable bonds is 3. The molecule has 0 aromatic rings. The largest absolute Gasteiger partial charge is 0.350 e. The molecule has 114 valence electrons. The summed E-state index contributed by atoms with van der Waals surface area (Å²) in [6.07, 6.45) is 0. The fraction of sp³-hybridized carbons (Fsp3) is 0.929. The van der Waals surface area contributed by atoms with Gasteiger partial charge in [0.1, 0.15) is 0 Å². The highest BCUT2D eigenvalue weighted by Crippen LogP contribution is 2.41. The zero-order valence-corrected chi connectivity index (χ0v) is 16.8. The first kappa shape index (κ1) is 18.8. The number of hydrogen-bond acceptors (Lipinski definition) is 2. The molecule has 5 heteroatoms. The van der Waals surface area contributed by atoms with E-state index in [2.05, 4.69) is 54.6 Å². The summed E-state index contributed by atoms with van der Waals surface area (Å²) in [7, 11) is -4.94. The van der Waals surface area contributed by atoms with E-state index < -0.39 is 16.8 Å². The minimum absolute atomic E-state index is 0.0136. The van der Waals surface area contributed by atoms with Gasteiger partial charge in [0.05, 0.1) is 0 Å². The normalized spacial score (nSPS) is 15.7. The molecule has 0 rings (SSSR count). The lowest BCUT2D eigenvalue weighted by Gasteiger charge is -2.48. The molecular formula is C14H33FN2Si2. The molecular weight excluding hydrogens is 271 g/mol. The Bertz CT molecular complexity index is 344. The van der Waals surface area contributed by atoms with Crippen LogP contribution in [-0.2, 0) is 0 Å². The molecule has 0 heterocycles. The summed E-state index contributed by atoms with van der Waals surface area (Å²) in [4.78, 5) is 0. The molecule has 19 heavy (non-hydrogen) atoms. The maximum Gasteiger partial charge on any atom is 0.350 e. The first-order valence-electron chi connectivity index (χ1n) is 7.06. The van der Waals surface area contributed by atoms with Crippen molar-refractivity contribution in [2.75, 3.05) is 0 Å². The second-order valence-electron chi connectivity index (χ2n) is 8.47. The Morgan fingerprint density at radius 1 is 0.947 bits per heavy atom. The van der Waals surface area contributed by atoms with Crippen LogP contribution in [0.3, 0.4) is 0 Å². The van der Waals surface area contributed by atoms with Crippen molar-refractivity contribution in [1.82, 2.24) is 4.34 Å². The highest BCUT2D eigenvalue weighted by Gasteiger charge is 2.49. The van der Waals surface area contributed by atoms with E-state index in [0.717, 1.165) is 5.71 Å². The number of hydrazone groups is 1. The monoisotopic (exact) mass is 304 g/mol. The zero-order chi connectivity index (χ0) is 15.9. The molecule has 0 saturated carbocycles. The SMILES string of the molecule is C/C(=N\N([Si](C)(C)F)[Si](C)(C)C(C)(C)C)C(C)(C)C. The van der Waals surface area contributed by atoms with Crippen molar-refractivity contribution in [3.63, 3.8) is 0 Å². The predicted octanol–water partition coefficient (Wildman–Crippen LogP) is 5.39. The molecule has 0 aromatic heterocycles. The zero-order valence-electron chi connectivity index (χ0n) is 14.8. The van der Waals surface area contributed by atoms with Crippen LogP contribution in [0, 0.1) is 5.41 Å². The van der Waals surface area contributed by atoms with Gasteiger partial charge in [0.25, 0.3) is 0 Å². The van der Waals surface area contributed by atoms with Crippen LogP contribution in [0.1, 0.15) is 48.5 Å². The second-order valence-corrected chi connectivity index (χ2v) is 17.2. The summed E-state index contributed by atoms with van der Waals surface area (Å²) in [5.41, 5.74) is 0.996. The smallest absolute Gasteiger partial charge is 0.322 e. The van der Waals surface area contributed by atoms with Crippen molar-refractivity contribution in [2.45, 2.75) is 79.7 Å². The van der Waals surface area contributed by atoms with Gasteiger partial charge >= 0.3 is 8.57 Å². The van der Waals surface area contributed by atoms with Crippen molar-refractivity contribution in [3.05, 3.63) is 0 Å². The third-order valence-electron chi connectivity index (χ3n) is 4.20. The lowest BCUT2D eigenvalue weighted by atomic mass is 9.91. The number of halogens is 1. The average Bonchev–Trinajstić information content (AvgIpc) is 2.07. The summed E-state index contributed by atoms with van der Waals surface area (Å²) >= 11 is 0. The van der Waals surface area contributed by atoms with Crippen LogP contribution in [0.5, 0.6) is 0 Å². The molecule has 0 aromatic carbocycles. The fourth-order valence-corrected chi connectivity index (χ4v) is 9.27. The van der Waals surface area contributed by atoms with Gasteiger partial charge in [0.15, 0.2) is 8.24 Å². The first-order chi connectivity index (χ1) is 8.01. The summed E-state index contributed by atoms with van der Waals surface area (Å²) < 4.78 is 16.7. The quantitative estimate of drug-likeness (QED) is 0.295. The molecule has 0 atom stereocenters. The molecule has 0 aliphatic heterocycles. The van der Waals surface area contributed by atoms with E-state index in [0.29, 0.717) is 0 Å². The third kappa shape index (κ3) is 4.70. The van der Waals surface area contributed by atoms with Crippen LogP contribution in [0.25, 0.3) is 0 Å². The average molecular weight is 305 g/mol. The maximum atomic E-state index is 14.8. The molecule has 2 nitrogen and oxygen atoms in total. The Balaban J connectivity index is 5.78. The van der Waals surface area contributed by atoms with Crippen molar-refractivity contribution in [2.24, 2.45) is 10.5 Å². The highest BCUT2D eigenvalue weighted by molar-refractivity contribution is 6.89. The van der Waals surface area contributed by atoms with E-state index in [1.54, 1.807) is 13.1 Å². The molecule has 0 aliphatic rings. The molecule has 0 bridgehead atoms. The van der Waals surface area contributed by atoms with Gasteiger partial charge in [-0.25, -0.2) is 5.10 Å². The van der Waals surface area contributed by atoms with E-state index in [4.69, 9.17) is 5.10 Å². The van der Waals surface area contributed by atoms with Crippen LogP contribution < -0.4 is 0 Å². The summed E-state index contributed by atoms with van der Waals surface area (Å²) in [5, 5.41) is 4.84. The minimum atomic E-state index is -2.97.